The molecule has 0 aliphatic heterocycles. The number of nitrogens with one attached hydrogen (secondary N) is 1. The molecule has 0 spiro atoms. The van der Waals surface area contributed by atoms with Crippen molar-refractivity contribution >= 4 is 11.8 Å². The minimum Gasteiger partial charge on any atom is -0.310 e. The van der Waals surface area contributed by atoms with Crippen LogP contribution in [-0.2, 0) is 13.1 Å². The van der Waals surface area contributed by atoms with Crippen LogP contribution >= 0.6 is 11.8 Å². The van der Waals surface area contributed by atoms with E-state index in [1.165, 1.54) is 23.5 Å². The van der Waals surface area contributed by atoms with E-state index in [2.05, 4.69) is 37.4 Å². The van der Waals surface area contributed by atoms with E-state index in [1.807, 2.05) is 22.6 Å². The minimum absolute atomic E-state index is 0.587. The fraction of sp³-hybridized carbons (Fsp3) is 0.769. The van der Waals surface area contributed by atoms with Crippen LogP contribution in [0.15, 0.2) is 12.4 Å². The zero-order valence-electron chi connectivity index (χ0n) is 11.3. The Morgan fingerprint density at radius 3 is 3.00 bits per heavy atom. The van der Waals surface area contributed by atoms with Crippen molar-refractivity contribution in [2.45, 2.75) is 52.7 Å². The van der Waals surface area contributed by atoms with Crippen molar-refractivity contribution in [3.05, 3.63) is 18.0 Å². The van der Waals surface area contributed by atoms with Crippen molar-refractivity contribution in [3.63, 3.8) is 0 Å². The van der Waals surface area contributed by atoms with Gasteiger partial charge in [-0.15, -0.1) is 0 Å². The Morgan fingerprint density at radius 1 is 1.47 bits per heavy atom. The van der Waals surface area contributed by atoms with E-state index >= 15 is 0 Å². The maximum Gasteiger partial charge on any atom is 0.0534 e. The maximum atomic E-state index is 4.33. The molecular formula is C13H25N3S. The number of hydrogen-bond donors (Lipinski definition) is 1. The van der Waals surface area contributed by atoms with Crippen LogP contribution in [0.5, 0.6) is 0 Å². The van der Waals surface area contributed by atoms with E-state index in [0.717, 1.165) is 19.5 Å². The number of rotatable bonds is 9. The summed E-state index contributed by atoms with van der Waals surface area (Å²) in [5, 5.41) is 7.88. The molecule has 0 saturated heterocycles. The molecule has 1 unspecified atom stereocenters. The van der Waals surface area contributed by atoms with Crippen LogP contribution in [0.2, 0.25) is 0 Å². The average molecular weight is 255 g/mol. The standard InChI is InChI=1S/C13H25N3S/c1-4-7-16-11-13(10-15-16)9-14-12(3)6-8-17-5-2/h10-12,14H,4-9H2,1-3H3. The Kier molecular flexibility index (Phi) is 7.37. The van der Waals surface area contributed by atoms with E-state index < -0.39 is 0 Å². The summed E-state index contributed by atoms with van der Waals surface area (Å²) in [5.41, 5.74) is 1.29. The maximum absolute atomic E-state index is 4.33. The second-order valence-electron chi connectivity index (χ2n) is 4.38. The lowest BCUT2D eigenvalue weighted by Gasteiger charge is -2.12. The molecule has 0 fully saturated rings. The summed E-state index contributed by atoms with van der Waals surface area (Å²) in [5.74, 6) is 2.47. The molecule has 1 aromatic rings. The van der Waals surface area contributed by atoms with Gasteiger partial charge in [-0.25, -0.2) is 0 Å². The highest BCUT2D eigenvalue weighted by Gasteiger charge is 2.03. The fourth-order valence-corrected chi connectivity index (χ4v) is 2.46. The first-order chi connectivity index (χ1) is 8.26. The van der Waals surface area contributed by atoms with Crippen molar-refractivity contribution in [1.82, 2.24) is 15.1 Å². The summed E-state index contributed by atoms with van der Waals surface area (Å²) in [4.78, 5) is 0. The van der Waals surface area contributed by atoms with Gasteiger partial charge in [0.05, 0.1) is 6.20 Å². The first kappa shape index (κ1) is 14.6. The Bertz CT molecular complexity index is 299. The molecular weight excluding hydrogens is 230 g/mol. The van der Waals surface area contributed by atoms with E-state index in [-0.39, 0.29) is 0 Å². The van der Waals surface area contributed by atoms with Crippen LogP contribution in [-0.4, -0.2) is 27.3 Å². The van der Waals surface area contributed by atoms with Crippen LogP contribution in [0, 0.1) is 0 Å². The van der Waals surface area contributed by atoms with Crippen LogP contribution in [0.3, 0.4) is 0 Å². The third-order valence-electron chi connectivity index (χ3n) is 2.69. The van der Waals surface area contributed by atoms with Crippen LogP contribution in [0.4, 0.5) is 0 Å². The van der Waals surface area contributed by atoms with Gasteiger partial charge < -0.3 is 5.32 Å². The molecule has 0 aliphatic carbocycles. The number of nitrogens with zero attached hydrogens (tertiary/aromatic N) is 2. The van der Waals surface area contributed by atoms with Crippen molar-refractivity contribution in [3.8, 4) is 0 Å². The summed E-state index contributed by atoms with van der Waals surface area (Å²) in [6, 6.07) is 0.587. The lowest BCUT2D eigenvalue weighted by Crippen LogP contribution is -2.25. The predicted octanol–water partition coefficient (Wildman–Crippen LogP) is 2.91. The third kappa shape index (κ3) is 6.13. The van der Waals surface area contributed by atoms with Gasteiger partial charge >= 0.3 is 0 Å². The van der Waals surface area contributed by atoms with Crippen molar-refractivity contribution in [2.75, 3.05) is 11.5 Å². The van der Waals surface area contributed by atoms with E-state index in [1.54, 1.807) is 0 Å². The highest BCUT2D eigenvalue weighted by Crippen LogP contribution is 2.05. The van der Waals surface area contributed by atoms with Gasteiger partial charge in [0.25, 0.3) is 0 Å². The van der Waals surface area contributed by atoms with Crippen molar-refractivity contribution in [2.24, 2.45) is 0 Å². The molecule has 1 aromatic heterocycles. The van der Waals surface area contributed by atoms with Gasteiger partial charge in [0.15, 0.2) is 0 Å². The van der Waals surface area contributed by atoms with Crippen molar-refractivity contribution < 1.29 is 0 Å². The largest absolute Gasteiger partial charge is 0.310 e. The first-order valence-corrected chi connectivity index (χ1v) is 7.74. The fourth-order valence-electron chi connectivity index (χ4n) is 1.65. The summed E-state index contributed by atoms with van der Waals surface area (Å²) >= 11 is 2.01. The lowest BCUT2D eigenvalue weighted by molar-refractivity contribution is 0.536. The summed E-state index contributed by atoms with van der Waals surface area (Å²) < 4.78 is 2.02. The molecule has 0 saturated carbocycles. The molecule has 1 rings (SSSR count). The smallest absolute Gasteiger partial charge is 0.0534 e. The molecule has 0 aromatic carbocycles. The first-order valence-electron chi connectivity index (χ1n) is 6.58. The molecule has 0 amide bonds. The Balaban J connectivity index is 2.19. The topological polar surface area (TPSA) is 29.9 Å². The Morgan fingerprint density at radius 2 is 2.29 bits per heavy atom. The van der Waals surface area contributed by atoms with Gasteiger partial charge in [-0.1, -0.05) is 13.8 Å². The van der Waals surface area contributed by atoms with Crippen LogP contribution in [0.1, 0.15) is 39.2 Å². The summed E-state index contributed by atoms with van der Waals surface area (Å²) in [6.07, 6.45) is 6.49. The monoisotopic (exact) mass is 255 g/mol. The third-order valence-corrected chi connectivity index (χ3v) is 3.63. The Labute approximate surface area is 109 Å². The van der Waals surface area contributed by atoms with Crippen LogP contribution in [0.25, 0.3) is 0 Å². The van der Waals surface area contributed by atoms with Gasteiger partial charge in [0, 0.05) is 30.9 Å². The molecule has 98 valence electrons. The molecule has 0 bridgehead atoms. The zero-order chi connectivity index (χ0) is 12.5. The highest BCUT2D eigenvalue weighted by atomic mass is 32.2. The van der Waals surface area contributed by atoms with Crippen LogP contribution < -0.4 is 5.32 Å². The second kappa shape index (κ2) is 8.59. The van der Waals surface area contributed by atoms with Gasteiger partial charge in [-0.05, 0) is 31.3 Å². The minimum atomic E-state index is 0.587. The molecule has 4 heteroatoms. The molecule has 3 nitrogen and oxygen atoms in total. The van der Waals surface area contributed by atoms with Crippen molar-refractivity contribution in [1.29, 1.82) is 0 Å². The number of aromatic nitrogens is 2. The lowest BCUT2D eigenvalue weighted by atomic mass is 10.2. The van der Waals surface area contributed by atoms with Gasteiger partial charge in [0.1, 0.15) is 0 Å². The number of aryl methyl sites for hydroxylation is 1. The molecule has 1 atom stereocenters. The van der Waals surface area contributed by atoms with E-state index in [9.17, 15) is 0 Å². The average Bonchev–Trinajstić information content (AvgIpc) is 2.75. The van der Waals surface area contributed by atoms with Gasteiger partial charge in [-0.2, -0.15) is 16.9 Å². The van der Waals surface area contributed by atoms with Gasteiger partial charge in [-0.3, -0.25) is 4.68 Å². The predicted molar refractivity (Wildman–Crippen MR) is 76.4 cm³/mol. The quantitative estimate of drug-likeness (QED) is 0.688. The summed E-state index contributed by atoms with van der Waals surface area (Å²) in [6.45, 7) is 8.59. The second-order valence-corrected chi connectivity index (χ2v) is 5.77. The normalized spacial score (nSPS) is 12.9. The highest BCUT2D eigenvalue weighted by molar-refractivity contribution is 7.99. The molecule has 17 heavy (non-hydrogen) atoms. The van der Waals surface area contributed by atoms with Gasteiger partial charge in [0.2, 0.25) is 0 Å². The Hall–Kier alpha value is -0.480. The van der Waals surface area contributed by atoms with E-state index in [0.29, 0.717) is 6.04 Å². The number of hydrogen-bond acceptors (Lipinski definition) is 3. The summed E-state index contributed by atoms with van der Waals surface area (Å²) in [7, 11) is 0. The number of thioether (sulfide) groups is 1. The molecule has 0 aliphatic rings. The van der Waals surface area contributed by atoms with E-state index in [4.69, 9.17) is 0 Å². The molecule has 0 radical (unpaired) electrons. The zero-order valence-corrected chi connectivity index (χ0v) is 12.1. The SMILES string of the molecule is CCCn1cc(CNC(C)CCSCC)cn1. The molecule has 1 heterocycles. The molecule has 1 N–H and O–H groups in total.